The maximum Gasteiger partial charge on any atom is 0.237 e. The normalized spacial score (nSPS) is 15.7. The molecular weight excluding hydrogens is 342 g/mol. The van der Waals surface area contributed by atoms with Crippen LogP contribution in [-0.4, -0.2) is 42.6 Å². The van der Waals surface area contributed by atoms with Gasteiger partial charge in [-0.05, 0) is 18.8 Å². The number of aryl methyl sites for hydroxylation is 1. The number of hydrogen-bond acceptors (Lipinski definition) is 8. The number of nitrogens with one attached hydrogen (secondary N) is 2. The second-order valence-corrected chi connectivity index (χ2v) is 7.68. The molecule has 132 valence electrons. The van der Waals surface area contributed by atoms with Crippen molar-refractivity contribution in [3.63, 3.8) is 0 Å². The molecule has 1 amide bonds. The predicted molar refractivity (Wildman–Crippen MR) is 93.4 cm³/mol. The SMILES string of the molecule is Cc1nc(NC(=O)CSc2n[nH]c(N)n2)nc2c1C(=O)CC(C)(C)C2. The highest BCUT2D eigenvalue weighted by Gasteiger charge is 2.33. The largest absolute Gasteiger partial charge is 0.368 e. The van der Waals surface area contributed by atoms with Crippen LogP contribution >= 0.6 is 11.8 Å². The molecular formula is C15H19N7O2S. The lowest BCUT2D eigenvalue weighted by molar-refractivity contribution is -0.113. The molecule has 0 atom stereocenters. The number of rotatable bonds is 4. The van der Waals surface area contributed by atoms with E-state index in [1.165, 1.54) is 0 Å². The number of nitrogens with zero attached hydrogens (tertiary/aromatic N) is 4. The molecule has 25 heavy (non-hydrogen) atoms. The highest BCUT2D eigenvalue weighted by Crippen LogP contribution is 2.35. The van der Waals surface area contributed by atoms with E-state index in [0.29, 0.717) is 34.9 Å². The van der Waals surface area contributed by atoms with Crippen LogP contribution in [0.2, 0.25) is 0 Å². The van der Waals surface area contributed by atoms with Crippen LogP contribution in [0.3, 0.4) is 0 Å². The number of ketones is 1. The molecule has 2 heterocycles. The van der Waals surface area contributed by atoms with Crippen molar-refractivity contribution in [2.45, 2.75) is 38.8 Å². The summed E-state index contributed by atoms with van der Waals surface area (Å²) < 4.78 is 0. The lowest BCUT2D eigenvalue weighted by atomic mass is 9.75. The van der Waals surface area contributed by atoms with E-state index in [1.807, 2.05) is 13.8 Å². The Hall–Kier alpha value is -2.49. The molecule has 0 saturated carbocycles. The minimum Gasteiger partial charge on any atom is -0.368 e. The summed E-state index contributed by atoms with van der Waals surface area (Å²) in [5, 5.41) is 9.40. The number of hydrogen-bond donors (Lipinski definition) is 3. The minimum absolute atomic E-state index is 0.0550. The molecule has 0 radical (unpaired) electrons. The summed E-state index contributed by atoms with van der Waals surface area (Å²) in [5.74, 6) is 0.278. The number of nitrogen functional groups attached to an aromatic ring is 1. The molecule has 3 rings (SSSR count). The van der Waals surface area contributed by atoms with Gasteiger partial charge < -0.3 is 5.73 Å². The molecule has 2 aromatic heterocycles. The smallest absolute Gasteiger partial charge is 0.237 e. The van der Waals surface area contributed by atoms with Crippen molar-refractivity contribution in [2.24, 2.45) is 5.41 Å². The van der Waals surface area contributed by atoms with Gasteiger partial charge in [0.25, 0.3) is 0 Å². The molecule has 0 unspecified atom stereocenters. The molecule has 0 bridgehead atoms. The molecule has 0 spiro atoms. The molecule has 1 aliphatic carbocycles. The van der Waals surface area contributed by atoms with E-state index >= 15 is 0 Å². The lowest BCUT2D eigenvalue weighted by Crippen LogP contribution is -2.30. The molecule has 10 heteroatoms. The third-order valence-electron chi connectivity index (χ3n) is 3.79. The van der Waals surface area contributed by atoms with Gasteiger partial charge in [-0.1, -0.05) is 25.6 Å². The van der Waals surface area contributed by atoms with E-state index < -0.39 is 0 Å². The van der Waals surface area contributed by atoms with E-state index in [1.54, 1.807) is 6.92 Å². The Morgan fingerprint density at radius 1 is 1.32 bits per heavy atom. The zero-order valence-corrected chi connectivity index (χ0v) is 15.0. The molecule has 4 N–H and O–H groups in total. The highest BCUT2D eigenvalue weighted by molar-refractivity contribution is 7.99. The molecule has 0 saturated heterocycles. The Kier molecular flexibility index (Phi) is 4.46. The summed E-state index contributed by atoms with van der Waals surface area (Å²) in [7, 11) is 0. The number of thioether (sulfide) groups is 1. The first kappa shape index (κ1) is 17.3. The van der Waals surface area contributed by atoms with Gasteiger partial charge in [0.1, 0.15) is 0 Å². The van der Waals surface area contributed by atoms with Crippen LogP contribution in [0.4, 0.5) is 11.9 Å². The summed E-state index contributed by atoms with van der Waals surface area (Å²) in [6.07, 6.45) is 1.15. The molecule has 1 aliphatic rings. The number of Topliss-reactive ketones (excluding diaryl/α,β-unsaturated/α-hetero) is 1. The average Bonchev–Trinajstić information content (AvgIpc) is 2.88. The predicted octanol–water partition coefficient (Wildman–Crippen LogP) is 1.37. The molecule has 0 aliphatic heterocycles. The molecule has 9 nitrogen and oxygen atoms in total. The van der Waals surface area contributed by atoms with Crippen LogP contribution in [0, 0.1) is 12.3 Å². The fraction of sp³-hybridized carbons (Fsp3) is 0.467. The van der Waals surface area contributed by atoms with Gasteiger partial charge in [0, 0.05) is 6.42 Å². The first-order chi connectivity index (χ1) is 11.7. The number of anilines is 2. The van der Waals surface area contributed by atoms with Crippen molar-refractivity contribution in [1.29, 1.82) is 0 Å². The Morgan fingerprint density at radius 3 is 2.76 bits per heavy atom. The number of carbonyl (C=O) groups excluding carboxylic acids is 2. The maximum atomic E-state index is 12.3. The van der Waals surface area contributed by atoms with Gasteiger partial charge in [0.15, 0.2) is 5.78 Å². The Bertz CT molecular complexity index is 846. The van der Waals surface area contributed by atoms with Crippen molar-refractivity contribution < 1.29 is 9.59 Å². The lowest BCUT2D eigenvalue weighted by Gasteiger charge is -2.30. The quantitative estimate of drug-likeness (QED) is 0.694. The summed E-state index contributed by atoms with van der Waals surface area (Å²) in [6.45, 7) is 5.82. The van der Waals surface area contributed by atoms with Gasteiger partial charge in [0.2, 0.25) is 23.0 Å². The first-order valence-electron chi connectivity index (χ1n) is 7.75. The fourth-order valence-electron chi connectivity index (χ4n) is 2.83. The van der Waals surface area contributed by atoms with Crippen LogP contribution in [0.25, 0.3) is 0 Å². The second kappa shape index (κ2) is 6.43. The Morgan fingerprint density at radius 2 is 2.08 bits per heavy atom. The van der Waals surface area contributed by atoms with E-state index in [9.17, 15) is 9.59 Å². The van der Waals surface area contributed by atoms with Crippen LogP contribution in [-0.2, 0) is 11.2 Å². The summed E-state index contributed by atoms with van der Waals surface area (Å²) in [5.41, 5.74) is 7.16. The monoisotopic (exact) mass is 361 g/mol. The van der Waals surface area contributed by atoms with Crippen LogP contribution < -0.4 is 11.1 Å². The third-order valence-corrected chi connectivity index (χ3v) is 4.64. The number of H-pyrrole nitrogens is 1. The number of carbonyl (C=O) groups is 2. The van der Waals surface area contributed by atoms with Crippen molar-refractivity contribution >= 4 is 35.3 Å². The van der Waals surface area contributed by atoms with Gasteiger partial charge in [0.05, 0.1) is 22.7 Å². The highest BCUT2D eigenvalue weighted by atomic mass is 32.2. The van der Waals surface area contributed by atoms with Gasteiger partial charge in [-0.2, -0.15) is 4.98 Å². The number of fused-ring (bicyclic) bond motifs is 1. The molecule has 0 fully saturated rings. The van der Waals surface area contributed by atoms with Crippen molar-refractivity contribution in [2.75, 3.05) is 16.8 Å². The van der Waals surface area contributed by atoms with Gasteiger partial charge in [-0.15, -0.1) is 5.10 Å². The van der Waals surface area contributed by atoms with Crippen molar-refractivity contribution in [3.8, 4) is 0 Å². The van der Waals surface area contributed by atoms with E-state index in [2.05, 4.69) is 30.5 Å². The summed E-state index contributed by atoms with van der Waals surface area (Å²) >= 11 is 1.15. The van der Waals surface area contributed by atoms with E-state index in [0.717, 1.165) is 11.8 Å². The number of amides is 1. The van der Waals surface area contributed by atoms with Gasteiger partial charge >= 0.3 is 0 Å². The Balaban J connectivity index is 1.72. The minimum atomic E-state index is -0.283. The topological polar surface area (TPSA) is 140 Å². The number of aromatic nitrogens is 5. The van der Waals surface area contributed by atoms with Gasteiger partial charge in [-0.25, -0.2) is 15.1 Å². The summed E-state index contributed by atoms with van der Waals surface area (Å²) in [6, 6.07) is 0. The summed E-state index contributed by atoms with van der Waals surface area (Å²) in [4.78, 5) is 37.0. The standard InChI is InChI=1S/C15H19N7O2S/c1-7-11-8(4-15(2,3)5-9(11)23)18-13(17-7)19-10(24)6-25-14-20-12(16)21-22-14/h4-6H2,1-3H3,(H3,16,20,21,22)(H,17,18,19,24). The van der Waals surface area contributed by atoms with E-state index in [-0.39, 0.29) is 34.8 Å². The van der Waals surface area contributed by atoms with Crippen molar-refractivity contribution in [1.82, 2.24) is 25.1 Å². The zero-order valence-electron chi connectivity index (χ0n) is 14.2. The van der Waals surface area contributed by atoms with Crippen LogP contribution in [0.15, 0.2) is 5.16 Å². The average molecular weight is 361 g/mol. The molecule has 0 aromatic carbocycles. The van der Waals surface area contributed by atoms with E-state index in [4.69, 9.17) is 5.73 Å². The third kappa shape index (κ3) is 3.95. The number of aromatic amines is 1. The zero-order chi connectivity index (χ0) is 18.2. The van der Waals surface area contributed by atoms with Crippen LogP contribution in [0.1, 0.15) is 42.0 Å². The second-order valence-electron chi connectivity index (χ2n) is 6.74. The fourth-order valence-corrected chi connectivity index (χ4v) is 3.44. The van der Waals surface area contributed by atoms with Gasteiger partial charge in [-0.3, -0.25) is 14.9 Å². The van der Waals surface area contributed by atoms with Crippen molar-refractivity contribution in [3.05, 3.63) is 17.0 Å². The maximum absolute atomic E-state index is 12.3. The first-order valence-corrected chi connectivity index (χ1v) is 8.73. The Labute approximate surface area is 148 Å². The van der Waals surface area contributed by atoms with Crippen LogP contribution in [0.5, 0.6) is 0 Å². The molecule has 2 aromatic rings. The number of nitrogens with two attached hydrogens (primary N) is 1.